The molecule has 0 spiro atoms. The Hall–Kier alpha value is -2.25. The zero-order chi connectivity index (χ0) is 22.8. The van der Waals surface area contributed by atoms with Gasteiger partial charge in [0.2, 0.25) is 11.8 Å². The summed E-state index contributed by atoms with van der Waals surface area (Å²) in [6.07, 6.45) is 8.65. The third-order valence-corrected chi connectivity index (χ3v) is 8.16. The van der Waals surface area contributed by atoms with Crippen LogP contribution in [0.1, 0.15) is 72.9 Å². The fourth-order valence-corrected chi connectivity index (χ4v) is 6.11. The third kappa shape index (κ3) is 4.99. The van der Waals surface area contributed by atoms with Crippen molar-refractivity contribution in [3.63, 3.8) is 0 Å². The monoisotopic (exact) mass is 452 g/mol. The van der Waals surface area contributed by atoms with Crippen molar-refractivity contribution in [2.75, 3.05) is 26.2 Å². The van der Waals surface area contributed by atoms with Crippen LogP contribution >= 0.6 is 0 Å². The molecule has 1 aromatic rings. The fraction of sp³-hybridized carbons (Fsp3) is 0.654. The van der Waals surface area contributed by atoms with E-state index in [4.69, 9.17) is 0 Å². The predicted molar refractivity (Wildman–Crippen MR) is 125 cm³/mol. The van der Waals surface area contributed by atoms with Gasteiger partial charge in [-0.3, -0.25) is 24.6 Å². The highest BCUT2D eigenvalue weighted by Gasteiger charge is 2.39. The zero-order valence-corrected chi connectivity index (χ0v) is 19.5. The first-order chi connectivity index (χ1) is 16.1. The van der Waals surface area contributed by atoms with Gasteiger partial charge in [0.15, 0.2) is 0 Å². The SMILES string of the molecule is O=C1CCC(N2Cc3c(CN4CCC(CCC5CCCNC5)CC4)cccc3C2=O)C(=O)N1. The molecule has 1 aromatic carbocycles. The molecule has 7 nitrogen and oxygen atoms in total. The molecule has 0 bridgehead atoms. The molecule has 5 rings (SSSR count). The Labute approximate surface area is 196 Å². The molecule has 2 unspecified atom stereocenters. The molecule has 3 saturated heterocycles. The van der Waals surface area contributed by atoms with Gasteiger partial charge in [0.1, 0.15) is 6.04 Å². The Balaban J connectivity index is 1.16. The molecule has 7 heteroatoms. The van der Waals surface area contributed by atoms with Gasteiger partial charge in [-0.1, -0.05) is 18.6 Å². The summed E-state index contributed by atoms with van der Waals surface area (Å²) < 4.78 is 0. The van der Waals surface area contributed by atoms with Gasteiger partial charge in [0, 0.05) is 25.1 Å². The third-order valence-electron chi connectivity index (χ3n) is 8.16. The van der Waals surface area contributed by atoms with Crippen molar-refractivity contribution in [3.05, 3.63) is 34.9 Å². The summed E-state index contributed by atoms with van der Waals surface area (Å²) in [5, 5.41) is 5.92. The van der Waals surface area contributed by atoms with Crippen LogP contribution in [0.25, 0.3) is 0 Å². The number of nitrogens with one attached hydrogen (secondary N) is 2. The fourth-order valence-electron chi connectivity index (χ4n) is 6.11. The summed E-state index contributed by atoms with van der Waals surface area (Å²) in [6, 6.07) is 5.41. The van der Waals surface area contributed by atoms with Crippen molar-refractivity contribution in [2.24, 2.45) is 11.8 Å². The molecule has 4 aliphatic rings. The summed E-state index contributed by atoms with van der Waals surface area (Å²) in [7, 11) is 0. The minimum absolute atomic E-state index is 0.0859. The lowest BCUT2D eigenvalue weighted by atomic mass is 9.86. The summed E-state index contributed by atoms with van der Waals surface area (Å²) >= 11 is 0. The second-order valence-corrected chi connectivity index (χ2v) is 10.4. The van der Waals surface area contributed by atoms with Crippen LogP contribution in [0, 0.1) is 11.8 Å². The Bertz CT molecular complexity index is 903. The van der Waals surface area contributed by atoms with Crippen LogP contribution in [0.2, 0.25) is 0 Å². The van der Waals surface area contributed by atoms with E-state index in [0.717, 1.165) is 37.0 Å². The molecular formula is C26H36N4O3. The van der Waals surface area contributed by atoms with Crippen LogP contribution < -0.4 is 10.6 Å². The Morgan fingerprint density at radius 1 is 0.970 bits per heavy atom. The van der Waals surface area contributed by atoms with Gasteiger partial charge in [-0.2, -0.15) is 0 Å². The molecule has 3 amide bonds. The molecule has 178 valence electrons. The molecule has 4 heterocycles. The van der Waals surface area contributed by atoms with Crippen molar-refractivity contribution in [1.82, 2.24) is 20.4 Å². The number of fused-ring (bicyclic) bond motifs is 1. The Kier molecular flexibility index (Phi) is 6.79. The maximum absolute atomic E-state index is 13.1. The van der Waals surface area contributed by atoms with Crippen molar-refractivity contribution in [3.8, 4) is 0 Å². The van der Waals surface area contributed by atoms with Crippen molar-refractivity contribution in [1.29, 1.82) is 0 Å². The number of nitrogens with zero attached hydrogens (tertiary/aromatic N) is 2. The molecule has 2 N–H and O–H groups in total. The quantitative estimate of drug-likeness (QED) is 0.648. The van der Waals surface area contributed by atoms with E-state index in [9.17, 15) is 14.4 Å². The minimum Gasteiger partial charge on any atom is -0.322 e. The van der Waals surface area contributed by atoms with E-state index >= 15 is 0 Å². The first-order valence-corrected chi connectivity index (χ1v) is 12.8. The molecule has 2 atom stereocenters. The van der Waals surface area contributed by atoms with E-state index in [0.29, 0.717) is 18.5 Å². The number of carbonyl (C=O) groups excluding carboxylic acids is 3. The summed E-state index contributed by atoms with van der Waals surface area (Å²) in [4.78, 5) is 41.1. The molecular weight excluding hydrogens is 416 g/mol. The summed E-state index contributed by atoms with van der Waals surface area (Å²) in [5.41, 5.74) is 2.97. The lowest BCUT2D eigenvalue weighted by Gasteiger charge is -2.33. The van der Waals surface area contributed by atoms with E-state index in [1.807, 2.05) is 12.1 Å². The second-order valence-electron chi connectivity index (χ2n) is 10.4. The second kappa shape index (κ2) is 9.94. The van der Waals surface area contributed by atoms with Crippen LogP contribution in [-0.2, 0) is 22.7 Å². The number of imide groups is 1. The van der Waals surface area contributed by atoms with Crippen molar-refractivity contribution >= 4 is 17.7 Å². The van der Waals surface area contributed by atoms with Crippen LogP contribution in [0.15, 0.2) is 18.2 Å². The highest BCUT2D eigenvalue weighted by Crippen LogP contribution is 2.32. The van der Waals surface area contributed by atoms with Gasteiger partial charge in [0.25, 0.3) is 5.91 Å². The number of hydrogen-bond donors (Lipinski definition) is 2. The van der Waals surface area contributed by atoms with Crippen molar-refractivity contribution in [2.45, 2.75) is 70.5 Å². The van der Waals surface area contributed by atoms with Crippen LogP contribution in [-0.4, -0.2) is 59.7 Å². The number of hydrogen-bond acceptors (Lipinski definition) is 5. The molecule has 0 saturated carbocycles. The number of rotatable bonds is 6. The number of amides is 3. The highest BCUT2D eigenvalue weighted by atomic mass is 16.2. The van der Waals surface area contributed by atoms with Gasteiger partial charge in [-0.05, 0) is 93.7 Å². The zero-order valence-electron chi connectivity index (χ0n) is 19.5. The van der Waals surface area contributed by atoms with E-state index in [-0.39, 0.29) is 24.1 Å². The van der Waals surface area contributed by atoms with Gasteiger partial charge in [-0.15, -0.1) is 0 Å². The van der Waals surface area contributed by atoms with Crippen molar-refractivity contribution < 1.29 is 14.4 Å². The average molecular weight is 453 g/mol. The lowest BCUT2D eigenvalue weighted by Crippen LogP contribution is -2.52. The van der Waals surface area contributed by atoms with E-state index < -0.39 is 6.04 Å². The van der Waals surface area contributed by atoms with Crippen LogP contribution in [0.3, 0.4) is 0 Å². The molecule has 33 heavy (non-hydrogen) atoms. The Morgan fingerprint density at radius 3 is 2.55 bits per heavy atom. The first-order valence-electron chi connectivity index (χ1n) is 12.8. The summed E-state index contributed by atoms with van der Waals surface area (Å²) in [5.74, 6) is 1.03. The highest BCUT2D eigenvalue weighted by molar-refractivity contribution is 6.05. The number of benzene rings is 1. The standard InChI is InChI=1S/C26H36N4O3/c31-24-9-8-23(25(32)28-24)30-17-22-20(4-1-5-21(22)26(30)33)16-29-13-10-18(11-14-29)6-7-19-3-2-12-27-15-19/h1,4-5,18-19,23,27H,2-3,6-17H2,(H,28,31,32). The molecule has 0 aliphatic carbocycles. The molecule has 0 aromatic heterocycles. The maximum Gasteiger partial charge on any atom is 0.255 e. The smallest absolute Gasteiger partial charge is 0.255 e. The molecule has 0 radical (unpaired) electrons. The topological polar surface area (TPSA) is 81.8 Å². The molecule has 4 aliphatic heterocycles. The van der Waals surface area contributed by atoms with Gasteiger partial charge < -0.3 is 10.2 Å². The number of piperidine rings is 3. The predicted octanol–water partition coefficient (Wildman–Crippen LogP) is 2.44. The van der Waals surface area contributed by atoms with Gasteiger partial charge in [-0.25, -0.2) is 0 Å². The largest absolute Gasteiger partial charge is 0.322 e. The minimum atomic E-state index is -0.550. The maximum atomic E-state index is 13.1. The van der Waals surface area contributed by atoms with Crippen LogP contribution in [0.5, 0.6) is 0 Å². The Morgan fingerprint density at radius 2 is 1.79 bits per heavy atom. The van der Waals surface area contributed by atoms with E-state index in [1.165, 1.54) is 57.2 Å². The van der Waals surface area contributed by atoms with E-state index in [2.05, 4.69) is 21.6 Å². The average Bonchev–Trinajstić information content (AvgIpc) is 3.16. The van der Waals surface area contributed by atoms with Crippen LogP contribution in [0.4, 0.5) is 0 Å². The summed E-state index contributed by atoms with van der Waals surface area (Å²) in [6.45, 7) is 5.94. The number of likely N-dealkylation sites (tertiary alicyclic amines) is 1. The normalized spacial score (nSPS) is 27.0. The lowest BCUT2D eigenvalue weighted by molar-refractivity contribution is -0.136. The van der Waals surface area contributed by atoms with Gasteiger partial charge >= 0.3 is 0 Å². The first kappa shape index (κ1) is 22.5. The molecule has 3 fully saturated rings. The van der Waals surface area contributed by atoms with E-state index in [1.54, 1.807) is 4.90 Å². The number of carbonyl (C=O) groups is 3. The van der Waals surface area contributed by atoms with Gasteiger partial charge in [0.05, 0.1) is 0 Å².